The minimum Gasteiger partial charge on any atom is -0.374 e. The molecule has 0 aliphatic heterocycles. The van der Waals surface area contributed by atoms with Crippen LogP contribution >= 0.6 is 11.3 Å². The summed E-state index contributed by atoms with van der Waals surface area (Å²) in [5.74, 6) is 0.483. The van der Waals surface area contributed by atoms with Gasteiger partial charge in [0.2, 0.25) is 5.13 Å². The van der Waals surface area contributed by atoms with Gasteiger partial charge in [-0.15, -0.1) is 10.2 Å². The van der Waals surface area contributed by atoms with E-state index in [9.17, 15) is 4.79 Å². The van der Waals surface area contributed by atoms with Crippen LogP contribution in [-0.4, -0.2) is 21.3 Å². The summed E-state index contributed by atoms with van der Waals surface area (Å²) in [6.07, 6.45) is 0. The molecule has 0 aliphatic carbocycles. The summed E-state index contributed by atoms with van der Waals surface area (Å²) in [7, 11) is 0. The van der Waals surface area contributed by atoms with Crippen molar-refractivity contribution in [2.75, 3.05) is 5.73 Å². The average Bonchev–Trinajstić information content (AvgIpc) is 3.22. The lowest BCUT2D eigenvalue weighted by Crippen LogP contribution is -2.29. The van der Waals surface area contributed by atoms with Gasteiger partial charge in [0.05, 0.1) is 0 Å². The van der Waals surface area contributed by atoms with Gasteiger partial charge in [0, 0.05) is 12.0 Å². The smallest absolute Gasteiger partial charge is 0.274 e. The Morgan fingerprint density at radius 2 is 2.00 bits per heavy atom. The van der Waals surface area contributed by atoms with Gasteiger partial charge in [0.25, 0.3) is 5.91 Å². The van der Waals surface area contributed by atoms with Gasteiger partial charge in [-0.1, -0.05) is 60.7 Å². The SMILES string of the molecule is CC(C)c1cc(C(=O)NC(c2ccccc2)c2nnc(N)s2)no1. The number of nitrogens with zero attached hydrogens (tertiary/aromatic N) is 3. The first-order valence-corrected chi connectivity index (χ1v) is 8.27. The fourth-order valence-electron chi connectivity index (χ4n) is 2.17. The first kappa shape index (κ1) is 16.1. The number of nitrogens with two attached hydrogens (primary N) is 1. The van der Waals surface area contributed by atoms with Crippen molar-refractivity contribution in [3.8, 4) is 0 Å². The van der Waals surface area contributed by atoms with Gasteiger partial charge in [0.15, 0.2) is 5.69 Å². The van der Waals surface area contributed by atoms with Gasteiger partial charge in [-0.05, 0) is 5.56 Å². The lowest BCUT2D eigenvalue weighted by atomic mass is 10.1. The van der Waals surface area contributed by atoms with Crippen molar-refractivity contribution < 1.29 is 9.32 Å². The van der Waals surface area contributed by atoms with E-state index in [1.54, 1.807) is 6.07 Å². The van der Waals surface area contributed by atoms with Crippen molar-refractivity contribution in [2.45, 2.75) is 25.8 Å². The number of carbonyl (C=O) groups excluding carboxylic acids is 1. The average molecular weight is 343 g/mol. The highest BCUT2D eigenvalue weighted by atomic mass is 32.1. The summed E-state index contributed by atoms with van der Waals surface area (Å²) in [5, 5.41) is 15.6. The number of hydrogen-bond donors (Lipinski definition) is 2. The Hall–Kier alpha value is -2.74. The second-order valence-corrected chi connectivity index (χ2v) is 6.61. The third-order valence-electron chi connectivity index (χ3n) is 3.44. The Labute approximate surface area is 142 Å². The summed E-state index contributed by atoms with van der Waals surface area (Å²) in [6.45, 7) is 3.94. The molecular weight excluding hydrogens is 326 g/mol. The normalized spacial score (nSPS) is 12.3. The van der Waals surface area contributed by atoms with Crippen LogP contribution in [0.1, 0.15) is 52.6 Å². The number of nitrogens with one attached hydrogen (secondary N) is 1. The predicted octanol–water partition coefficient (Wildman–Crippen LogP) is 2.75. The number of anilines is 1. The number of aromatic nitrogens is 3. The van der Waals surface area contributed by atoms with E-state index < -0.39 is 6.04 Å². The molecule has 3 rings (SSSR count). The van der Waals surface area contributed by atoms with Gasteiger partial charge in [0.1, 0.15) is 16.8 Å². The van der Waals surface area contributed by atoms with Gasteiger partial charge in [-0.25, -0.2) is 0 Å². The largest absolute Gasteiger partial charge is 0.374 e. The minimum atomic E-state index is -0.451. The monoisotopic (exact) mass is 343 g/mol. The Morgan fingerprint density at radius 3 is 2.58 bits per heavy atom. The van der Waals surface area contributed by atoms with Crippen LogP contribution in [0.2, 0.25) is 0 Å². The van der Waals surface area contributed by atoms with Crippen LogP contribution in [0.4, 0.5) is 5.13 Å². The van der Waals surface area contributed by atoms with Crippen LogP contribution in [0.25, 0.3) is 0 Å². The molecule has 8 heteroatoms. The molecule has 0 fully saturated rings. The standard InChI is InChI=1S/C16H17N5O2S/c1-9(2)12-8-11(21-23-12)14(22)18-13(10-6-4-3-5-7-10)15-19-20-16(17)24-15/h3-9,13H,1-2H3,(H2,17,20)(H,18,22). The van der Waals surface area contributed by atoms with E-state index in [2.05, 4.69) is 20.7 Å². The lowest BCUT2D eigenvalue weighted by Gasteiger charge is -2.15. The van der Waals surface area contributed by atoms with Crippen molar-refractivity contribution in [1.82, 2.24) is 20.7 Å². The maximum Gasteiger partial charge on any atom is 0.274 e. The molecule has 3 aromatic rings. The third-order valence-corrected chi connectivity index (χ3v) is 4.26. The quantitative estimate of drug-likeness (QED) is 0.737. The van der Waals surface area contributed by atoms with Crippen LogP contribution in [0.5, 0.6) is 0 Å². The molecule has 1 aromatic carbocycles. The van der Waals surface area contributed by atoms with Crippen molar-refractivity contribution in [2.24, 2.45) is 0 Å². The molecule has 124 valence electrons. The maximum atomic E-state index is 12.5. The van der Waals surface area contributed by atoms with E-state index in [-0.39, 0.29) is 17.5 Å². The molecule has 2 aromatic heterocycles. The number of amides is 1. The van der Waals surface area contributed by atoms with Crippen molar-refractivity contribution in [1.29, 1.82) is 0 Å². The summed E-state index contributed by atoms with van der Waals surface area (Å²) in [5.41, 5.74) is 6.80. The molecule has 0 saturated carbocycles. The number of benzene rings is 1. The highest BCUT2D eigenvalue weighted by molar-refractivity contribution is 7.15. The highest BCUT2D eigenvalue weighted by Crippen LogP contribution is 2.26. The summed E-state index contributed by atoms with van der Waals surface area (Å²) < 4.78 is 5.19. The summed E-state index contributed by atoms with van der Waals surface area (Å²) in [4.78, 5) is 12.5. The topological polar surface area (TPSA) is 107 Å². The summed E-state index contributed by atoms with van der Waals surface area (Å²) in [6, 6.07) is 10.7. The Balaban J connectivity index is 1.87. The third kappa shape index (κ3) is 3.43. The molecule has 24 heavy (non-hydrogen) atoms. The molecule has 2 heterocycles. The molecule has 0 bridgehead atoms. The fourth-order valence-corrected chi connectivity index (χ4v) is 2.86. The molecule has 0 radical (unpaired) electrons. The number of hydrogen-bond acceptors (Lipinski definition) is 7. The molecule has 1 atom stereocenters. The summed E-state index contributed by atoms with van der Waals surface area (Å²) >= 11 is 1.23. The second-order valence-electron chi connectivity index (χ2n) is 5.56. The molecule has 0 spiro atoms. The zero-order valence-corrected chi connectivity index (χ0v) is 14.1. The second kappa shape index (κ2) is 6.79. The number of carbonyl (C=O) groups is 1. The van der Waals surface area contributed by atoms with Crippen LogP contribution < -0.4 is 11.1 Å². The van der Waals surface area contributed by atoms with Gasteiger partial charge < -0.3 is 15.6 Å². The number of rotatable bonds is 5. The van der Waals surface area contributed by atoms with E-state index in [0.717, 1.165) is 5.56 Å². The Morgan fingerprint density at radius 1 is 1.25 bits per heavy atom. The Bertz CT molecular complexity index is 828. The molecule has 1 amide bonds. The maximum absolute atomic E-state index is 12.5. The van der Waals surface area contributed by atoms with E-state index >= 15 is 0 Å². The van der Waals surface area contributed by atoms with Crippen LogP contribution in [-0.2, 0) is 0 Å². The van der Waals surface area contributed by atoms with Crippen LogP contribution in [0.3, 0.4) is 0 Å². The van der Waals surface area contributed by atoms with Crippen molar-refractivity contribution in [3.63, 3.8) is 0 Å². The molecule has 1 unspecified atom stereocenters. The molecule has 0 aliphatic rings. The number of nitrogen functional groups attached to an aromatic ring is 1. The van der Waals surface area contributed by atoms with E-state index in [1.165, 1.54) is 11.3 Å². The minimum absolute atomic E-state index is 0.159. The van der Waals surface area contributed by atoms with Crippen LogP contribution in [0, 0.1) is 0 Å². The zero-order chi connectivity index (χ0) is 17.1. The molecule has 7 nitrogen and oxygen atoms in total. The highest BCUT2D eigenvalue weighted by Gasteiger charge is 2.23. The van der Waals surface area contributed by atoms with Gasteiger partial charge >= 0.3 is 0 Å². The van der Waals surface area contributed by atoms with E-state index in [4.69, 9.17) is 10.3 Å². The lowest BCUT2D eigenvalue weighted by molar-refractivity contribution is 0.0933. The molecule has 3 N–H and O–H groups in total. The molecule has 0 saturated heterocycles. The fraction of sp³-hybridized carbons (Fsp3) is 0.250. The van der Waals surface area contributed by atoms with Crippen LogP contribution in [0.15, 0.2) is 40.9 Å². The first-order chi connectivity index (χ1) is 11.5. The first-order valence-electron chi connectivity index (χ1n) is 7.46. The van der Waals surface area contributed by atoms with Crippen molar-refractivity contribution >= 4 is 22.4 Å². The van der Waals surface area contributed by atoms with Gasteiger partial charge in [-0.3, -0.25) is 4.79 Å². The van der Waals surface area contributed by atoms with Gasteiger partial charge in [-0.2, -0.15) is 0 Å². The van der Waals surface area contributed by atoms with E-state index in [1.807, 2.05) is 44.2 Å². The zero-order valence-electron chi connectivity index (χ0n) is 13.3. The molecular formula is C16H17N5O2S. The van der Waals surface area contributed by atoms with E-state index in [0.29, 0.717) is 15.9 Å². The predicted molar refractivity (Wildman–Crippen MR) is 90.7 cm³/mol. The van der Waals surface area contributed by atoms with Crippen molar-refractivity contribution in [3.05, 3.63) is 58.4 Å². The Kier molecular flexibility index (Phi) is 4.57.